The zero-order valence-electron chi connectivity index (χ0n) is 11.2. The van der Waals surface area contributed by atoms with Crippen LogP contribution in [0, 0.1) is 10.1 Å². The monoisotopic (exact) mass is 294 g/mol. The minimum Gasteiger partial charge on any atom is -0.486 e. The molecule has 1 aromatic rings. The van der Waals surface area contributed by atoms with Crippen LogP contribution in [0.2, 0.25) is 0 Å². The lowest BCUT2D eigenvalue weighted by molar-refractivity contribution is -0.384. The van der Waals surface area contributed by atoms with Gasteiger partial charge in [-0.05, 0) is 0 Å². The summed E-state index contributed by atoms with van der Waals surface area (Å²) in [7, 11) is 0. The summed E-state index contributed by atoms with van der Waals surface area (Å²) in [5, 5.41) is 20.1. The molecule has 0 aromatic heterocycles. The highest BCUT2D eigenvalue weighted by molar-refractivity contribution is 5.78. The Bertz CT molecular complexity index is 586. The van der Waals surface area contributed by atoms with E-state index >= 15 is 0 Å². The highest BCUT2D eigenvalue weighted by Gasteiger charge is 2.26. The molecular weight excluding hydrogens is 280 g/mol. The Kier molecular flexibility index (Phi) is 4.27. The average molecular weight is 294 g/mol. The molecule has 1 heterocycles. The van der Waals surface area contributed by atoms with Crippen LogP contribution >= 0.6 is 0 Å². The van der Waals surface area contributed by atoms with E-state index in [4.69, 9.17) is 14.6 Å². The van der Waals surface area contributed by atoms with Crippen LogP contribution < -0.4 is 14.4 Å². The SMILES string of the molecule is C=CCN(CC(=O)O)c1cc2c(cc1[N+](=O)[O-])OCCO2. The maximum absolute atomic E-state index is 11.2. The number of hydrogen-bond acceptors (Lipinski definition) is 6. The van der Waals surface area contributed by atoms with Gasteiger partial charge in [0, 0.05) is 12.6 Å². The number of ether oxygens (including phenoxy) is 2. The van der Waals surface area contributed by atoms with Crippen molar-refractivity contribution in [2.24, 2.45) is 0 Å². The summed E-state index contributed by atoms with van der Waals surface area (Å²) in [5.41, 5.74) is -0.0751. The van der Waals surface area contributed by atoms with Gasteiger partial charge in [-0.2, -0.15) is 0 Å². The van der Waals surface area contributed by atoms with Crippen molar-refractivity contribution in [3.63, 3.8) is 0 Å². The largest absolute Gasteiger partial charge is 0.486 e. The van der Waals surface area contributed by atoms with Gasteiger partial charge in [0.1, 0.15) is 25.4 Å². The number of carboxylic acids is 1. The first-order valence-electron chi connectivity index (χ1n) is 6.18. The van der Waals surface area contributed by atoms with E-state index in [0.717, 1.165) is 0 Å². The summed E-state index contributed by atoms with van der Waals surface area (Å²) in [6.07, 6.45) is 1.48. The van der Waals surface area contributed by atoms with Crippen LogP contribution in [0.4, 0.5) is 11.4 Å². The van der Waals surface area contributed by atoms with E-state index in [1.54, 1.807) is 0 Å². The summed E-state index contributed by atoms with van der Waals surface area (Å²) in [5.74, 6) is -0.451. The summed E-state index contributed by atoms with van der Waals surface area (Å²) in [6.45, 7) is 3.96. The fourth-order valence-electron chi connectivity index (χ4n) is 2.03. The molecule has 0 amide bonds. The van der Waals surface area contributed by atoms with Crippen LogP contribution in [0.25, 0.3) is 0 Å². The molecule has 0 saturated heterocycles. The van der Waals surface area contributed by atoms with Gasteiger partial charge < -0.3 is 19.5 Å². The smallest absolute Gasteiger partial charge is 0.323 e. The minimum atomic E-state index is -1.10. The van der Waals surface area contributed by atoms with Gasteiger partial charge in [-0.3, -0.25) is 14.9 Å². The molecule has 21 heavy (non-hydrogen) atoms. The number of anilines is 1. The molecule has 0 saturated carbocycles. The maximum Gasteiger partial charge on any atom is 0.323 e. The van der Waals surface area contributed by atoms with Gasteiger partial charge in [-0.1, -0.05) is 6.08 Å². The van der Waals surface area contributed by atoms with Crippen LogP contribution in [0.5, 0.6) is 11.5 Å². The zero-order valence-corrected chi connectivity index (χ0v) is 11.2. The molecule has 1 aliphatic heterocycles. The Morgan fingerprint density at radius 1 is 1.43 bits per heavy atom. The van der Waals surface area contributed by atoms with E-state index in [-0.39, 0.29) is 30.2 Å². The summed E-state index contributed by atoms with van der Waals surface area (Å²) < 4.78 is 10.7. The number of nitrogens with zero attached hydrogens (tertiary/aromatic N) is 2. The van der Waals surface area contributed by atoms with Crippen molar-refractivity contribution in [3.8, 4) is 11.5 Å². The number of nitro benzene ring substituents is 1. The van der Waals surface area contributed by atoms with E-state index in [1.807, 2.05) is 0 Å². The van der Waals surface area contributed by atoms with Gasteiger partial charge in [-0.15, -0.1) is 6.58 Å². The third-order valence-corrected chi connectivity index (χ3v) is 2.85. The number of fused-ring (bicyclic) bond motifs is 1. The predicted molar refractivity (Wildman–Crippen MR) is 74.1 cm³/mol. The predicted octanol–water partition coefficient (Wildman–Crippen LogP) is 1.44. The molecule has 1 aliphatic rings. The van der Waals surface area contributed by atoms with Crippen molar-refractivity contribution in [3.05, 3.63) is 34.9 Å². The summed E-state index contributed by atoms with van der Waals surface area (Å²) >= 11 is 0. The molecule has 1 aromatic carbocycles. The van der Waals surface area contributed by atoms with Crippen LogP contribution in [0.1, 0.15) is 0 Å². The summed E-state index contributed by atoms with van der Waals surface area (Å²) in [6, 6.07) is 2.68. The molecule has 1 N–H and O–H groups in total. The molecule has 0 unspecified atom stereocenters. The normalized spacial score (nSPS) is 12.6. The molecule has 2 rings (SSSR count). The lowest BCUT2D eigenvalue weighted by atomic mass is 10.2. The van der Waals surface area contributed by atoms with Crippen molar-refractivity contribution in [1.82, 2.24) is 0 Å². The highest BCUT2D eigenvalue weighted by atomic mass is 16.6. The third-order valence-electron chi connectivity index (χ3n) is 2.85. The van der Waals surface area contributed by atoms with E-state index in [1.165, 1.54) is 23.1 Å². The van der Waals surface area contributed by atoms with E-state index in [0.29, 0.717) is 19.0 Å². The van der Waals surface area contributed by atoms with Crippen LogP contribution in [-0.4, -0.2) is 42.3 Å². The number of aliphatic carboxylic acids is 1. The van der Waals surface area contributed by atoms with Crippen molar-refractivity contribution < 1.29 is 24.3 Å². The van der Waals surface area contributed by atoms with Crippen molar-refractivity contribution >= 4 is 17.3 Å². The number of carboxylic acid groups (broad SMARTS) is 1. The number of rotatable bonds is 6. The van der Waals surface area contributed by atoms with Crippen molar-refractivity contribution in [2.75, 3.05) is 31.2 Å². The maximum atomic E-state index is 11.2. The summed E-state index contributed by atoms with van der Waals surface area (Å²) in [4.78, 5) is 22.9. The third kappa shape index (κ3) is 3.22. The molecule has 0 aliphatic carbocycles. The lowest BCUT2D eigenvalue weighted by Gasteiger charge is -2.24. The Balaban J connectivity index is 2.49. The lowest BCUT2D eigenvalue weighted by Crippen LogP contribution is -2.30. The van der Waals surface area contributed by atoms with Gasteiger partial charge >= 0.3 is 5.97 Å². The highest BCUT2D eigenvalue weighted by Crippen LogP contribution is 2.41. The number of benzene rings is 1. The van der Waals surface area contributed by atoms with E-state index in [2.05, 4.69) is 6.58 Å². The molecule has 8 nitrogen and oxygen atoms in total. The molecular formula is C13H14N2O6. The van der Waals surface area contributed by atoms with Crippen molar-refractivity contribution in [1.29, 1.82) is 0 Å². The molecule has 0 fully saturated rings. The van der Waals surface area contributed by atoms with Gasteiger partial charge in [0.05, 0.1) is 11.0 Å². The van der Waals surface area contributed by atoms with Gasteiger partial charge in [-0.25, -0.2) is 0 Å². The van der Waals surface area contributed by atoms with E-state index in [9.17, 15) is 14.9 Å². The van der Waals surface area contributed by atoms with Gasteiger partial charge in [0.15, 0.2) is 11.5 Å². The molecule has 0 atom stereocenters. The first-order chi connectivity index (χ1) is 10.0. The average Bonchev–Trinajstić information content (AvgIpc) is 2.45. The number of hydrogen-bond donors (Lipinski definition) is 1. The fraction of sp³-hybridized carbons (Fsp3) is 0.308. The van der Waals surface area contributed by atoms with Crippen LogP contribution in [-0.2, 0) is 4.79 Å². The van der Waals surface area contributed by atoms with Crippen molar-refractivity contribution in [2.45, 2.75) is 0 Å². The van der Waals surface area contributed by atoms with E-state index < -0.39 is 10.9 Å². The Hall–Kier alpha value is -2.77. The zero-order chi connectivity index (χ0) is 15.4. The second-order valence-electron chi connectivity index (χ2n) is 4.30. The second kappa shape index (κ2) is 6.12. The standard InChI is InChI=1S/C13H14N2O6/c1-2-3-14(8-13(16)17)9-6-11-12(21-5-4-20-11)7-10(9)15(18)19/h2,6-7H,1,3-5,8H2,(H,16,17). The van der Waals surface area contributed by atoms with Crippen LogP contribution in [0.3, 0.4) is 0 Å². The molecule has 112 valence electrons. The topological polar surface area (TPSA) is 102 Å². The first-order valence-corrected chi connectivity index (χ1v) is 6.18. The number of carbonyl (C=O) groups is 1. The first kappa shape index (κ1) is 14.6. The Morgan fingerprint density at radius 3 is 2.57 bits per heavy atom. The Morgan fingerprint density at radius 2 is 2.05 bits per heavy atom. The quantitative estimate of drug-likeness (QED) is 0.481. The fourth-order valence-corrected chi connectivity index (χ4v) is 2.03. The minimum absolute atomic E-state index is 0.159. The van der Waals surface area contributed by atoms with Gasteiger partial charge in [0.25, 0.3) is 5.69 Å². The second-order valence-corrected chi connectivity index (χ2v) is 4.30. The number of nitro groups is 1. The molecule has 0 spiro atoms. The molecule has 0 radical (unpaired) electrons. The molecule has 8 heteroatoms. The molecule has 0 bridgehead atoms. The van der Waals surface area contributed by atoms with Crippen LogP contribution in [0.15, 0.2) is 24.8 Å². The Labute approximate surface area is 120 Å². The van der Waals surface area contributed by atoms with Gasteiger partial charge in [0.2, 0.25) is 0 Å².